The quantitative estimate of drug-likeness (QED) is 0.661. The van der Waals surface area contributed by atoms with Crippen LogP contribution in [0.3, 0.4) is 0 Å². The van der Waals surface area contributed by atoms with Crippen molar-refractivity contribution in [3.8, 4) is 0 Å². The number of carbonyl (C=O) groups is 1. The molecule has 0 aliphatic carbocycles. The van der Waals surface area contributed by atoms with E-state index in [4.69, 9.17) is 0 Å². The van der Waals surface area contributed by atoms with Crippen molar-refractivity contribution >= 4 is 22.6 Å². The fraction of sp³-hybridized carbons (Fsp3) is 0.211. The van der Waals surface area contributed by atoms with Gasteiger partial charge in [0.2, 0.25) is 0 Å². The minimum absolute atomic E-state index is 0.193. The lowest BCUT2D eigenvalue weighted by Crippen LogP contribution is -2.47. The Labute approximate surface area is 135 Å². The van der Waals surface area contributed by atoms with Crippen molar-refractivity contribution in [2.24, 2.45) is 0 Å². The molecule has 1 aromatic heterocycles. The Morgan fingerprint density at radius 2 is 1.74 bits per heavy atom. The van der Waals surface area contributed by atoms with Crippen molar-refractivity contribution in [3.63, 3.8) is 0 Å². The van der Waals surface area contributed by atoms with Crippen LogP contribution in [0.4, 0.5) is 10.5 Å². The Morgan fingerprint density at radius 3 is 2.52 bits per heavy atom. The number of nitrogens with one attached hydrogen (secondary N) is 3. The molecule has 4 heteroatoms. The number of aromatic amines is 1. The number of H-pyrrole nitrogens is 1. The molecule has 1 heterocycles. The molecule has 2 aromatic carbocycles. The Hall–Kier alpha value is -2.75. The van der Waals surface area contributed by atoms with E-state index in [-0.39, 0.29) is 11.6 Å². The van der Waals surface area contributed by atoms with Crippen LogP contribution >= 0.6 is 0 Å². The maximum absolute atomic E-state index is 12.2. The van der Waals surface area contributed by atoms with Crippen molar-refractivity contribution in [2.75, 3.05) is 5.32 Å². The van der Waals surface area contributed by atoms with Crippen LogP contribution in [0.2, 0.25) is 0 Å². The summed E-state index contributed by atoms with van der Waals surface area (Å²) >= 11 is 0. The number of aromatic nitrogens is 1. The summed E-state index contributed by atoms with van der Waals surface area (Å²) in [7, 11) is 0. The van der Waals surface area contributed by atoms with Crippen LogP contribution in [0.25, 0.3) is 10.9 Å². The monoisotopic (exact) mass is 307 g/mol. The molecule has 0 atom stereocenters. The van der Waals surface area contributed by atoms with Gasteiger partial charge in [-0.2, -0.15) is 0 Å². The molecule has 3 rings (SSSR count). The number of urea groups is 1. The fourth-order valence-electron chi connectivity index (χ4n) is 2.79. The van der Waals surface area contributed by atoms with Crippen molar-refractivity contribution in [1.82, 2.24) is 10.3 Å². The zero-order valence-electron chi connectivity index (χ0n) is 13.4. The molecule has 118 valence electrons. The Morgan fingerprint density at radius 1 is 1.04 bits per heavy atom. The topological polar surface area (TPSA) is 56.9 Å². The summed E-state index contributed by atoms with van der Waals surface area (Å²) in [5, 5.41) is 7.10. The van der Waals surface area contributed by atoms with Gasteiger partial charge in [0, 0.05) is 28.3 Å². The molecule has 23 heavy (non-hydrogen) atoms. The van der Waals surface area contributed by atoms with Gasteiger partial charge < -0.3 is 15.6 Å². The van der Waals surface area contributed by atoms with E-state index in [9.17, 15) is 4.79 Å². The molecular formula is C19H21N3O. The van der Waals surface area contributed by atoms with Crippen molar-refractivity contribution < 1.29 is 4.79 Å². The fourth-order valence-corrected chi connectivity index (χ4v) is 2.79. The second-order valence-corrected chi connectivity index (χ2v) is 6.37. The summed E-state index contributed by atoms with van der Waals surface area (Å²) in [5.74, 6) is 0. The third kappa shape index (κ3) is 3.72. The molecule has 0 radical (unpaired) electrons. The van der Waals surface area contributed by atoms with Crippen LogP contribution in [0.1, 0.15) is 19.4 Å². The Kier molecular flexibility index (Phi) is 4.06. The summed E-state index contributed by atoms with van der Waals surface area (Å²) in [4.78, 5) is 15.5. The average Bonchev–Trinajstić information content (AvgIpc) is 2.90. The number of benzene rings is 2. The molecular weight excluding hydrogens is 286 g/mol. The molecule has 0 bridgehead atoms. The number of amides is 2. The van der Waals surface area contributed by atoms with Gasteiger partial charge in [0.15, 0.2) is 0 Å². The minimum Gasteiger partial charge on any atom is -0.361 e. The maximum Gasteiger partial charge on any atom is 0.319 e. The normalized spacial score (nSPS) is 11.4. The van der Waals surface area contributed by atoms with E-state index in [0.29, 0.717) is 0 Å². The Balaban J connectivity index is 1.68. The first-order chi connectivity index (χ1) is 11.0. The maximum atomic E-state index is 12.2. The molecule has 2 amide bonds. The smallest absolute Gasteiger partial charge is 0.319 e. The van der Waals surface area contributed by atoms with Crippen LogP contribution in [0.5, 0.6) is 0 Å². The number of hydrogen-bond acceptors (Lipinski definition) is 1. The van der Waals surface area contributed by atoms with Crippen molar-refractivity contribution in [3.05, 3.63) is 66.4 Å². The van der Waals surface area contributed by atoms with Gasteiger partial charge in [-0.3, -0.25) is 0 Å². The van der Waals surface area contributed by atoms with Gasteiger partial charge in [0.25, 0.3) is 0 Å². The molecule has 0 saturated carbocycles. The zero-order valence-corrected chi connectivity index (χ0v) is 13.4. The van der Waals surface area contributed by atoms with Crippen LogP contribution < -0.4 is 10.6 Å². The number of fused-ring (bicyclic) bond motifs is 1. The van der Waals surface area contributed by atoms with Crippen molar-refractivity contribution in [1.29, 1.82) is 0 Å². The SMILES string of the molecule is CC(C)(Cc1c[nH]c2ccccc12)NC(=O)Nc1ccccc1. The molecule has 0 aliphatic heterocycles. The number of anilines is 1. The summed E-state index contributed by atoms with van der Waals surface area (Å²) < 4.78 is 0. The molecule has 0 spiro atoms. The first kappa shape index (κ1) is 15.2. The number of rotatable bonds is 4. The number of carbonyl (C=O) groups excluding carboxylic acids is 1. The standard InChI is InChI=1S/C19H21N3O/c1-19(2,22-18(23)21-15-8-4-3-5-9-15)12-14-13-20-17-11-7-6-10-16(14)17/h3-11,13,20H,12H2,1-2H3,(H2,21,22,23). The van der Waals surface area contributed by atoms with Crippen LogP contribution in [0.15, 0.2) is 60.8 Å². The second kappa shape index (κ2) is 6.16. The summed E-state index contributed by atoms with van der Waals surface area (Å²) in [6.45, 7) is 4.05. The van der Waals surface area contributed by atoms with E-state index in [2.05, 4.69) is 27.8 Å². The predicted octanol–water partition coefficient (Wildman–Crippen LogP) is 4.31. The van der Waals surface area contributed by atoms with Gasteiger partial charge in [-0.1, -0.05) is 36.4 Å². The van der Waals surface area contributed by atoms with E-state index in [1.807, 2.05) is 62.5 Å². The highest BCUT2D eigenvalue weighted by molar-refractivity contribution is 5.90. The first-order valence-electron chi connectivity index (χ1n) is 7.73. The van der Waals surface area contributed by atoms with Gasteiger partial charge in [-0.15, -0.1) is 0 Å². The van der Waals surface area contributed by atoms with E-state index in [0.717, 1.165) is 17.6 Å². The lowest BCUT2D eigenvalue weighted by molar-refractivity contribution is 0.241. The third-order valence-corrected chi connectivity index (χ3v) is 3.79. The Bertz CT molecular complexity index is 806. The van der Waals surface area contributed by atoms with E-state index < -0.39 is 0 Å². The highest BCUT2D eigenvalue weighted by atomic mass is 16.2. The lowest BCUT2D eigenvalue weighted by atomic mass is 9.95. The highest BCUT2D eigenvalue weighted by Gasteiger charge is 2.22. The van der Waals surface area contributed by atoms with Crippen molar-refractivity contribution in [2.45, 2.75) is 25.8 Å². The molecule has 3 N–H and O–H groups in total. The van der Waals surface area contributed by atoms with Crippen LogP contribution in [-0.4, -0.2) is 16.6 Å². The van der Waals surface area contributed by atoms with E-state index in [1.54, 1.807) is 0 Å². The molecule has 0 saturated heterocycles. The van der Waals surface area contributed by atoms with E-state index >= 15 is 0 Å². The lowest BCUT2D eigenvalue weighted by Gasteiger charge is -2.26. The molecule has 4 nitrogen and oxygen atoms in total. The zero-order chi connectivity index (χ0) is 16.3. The highest BCUT2D eigenvalue weighted by Crippen LogP contribution is 2.22. The van der Waals surface area contributed by atoms with Gasteiger partial charge in [0.1, 0.15) is 0 Å². The van der Waals surface area contributed by atoms with Crippen LogP contribution in [-0.2, 0) is 6.42 Å². The number of hydrogen-bond donors (Lipinski definition) is 3. The third-order valence-electron chi connectivity index (χ3n) is 3.79. The summed E-state index contributed by atoms with van der Waals surface area (Å²) in [6, 6.07) is 17.5. The average molecular weight is 307 g/mol. The molecule has 0 aliphatic rings. The van der Waals surface area contributed by atoms with Gasteiger partial charge >= 0.3 is 6.03 Å². The molecule has 0 fully saturated rings. The summed E-state index contributed by atoms with van der Waals surface area (Å²) in [6.07, 6.45) is 2.77. The first-order valence-corrected chi connectivity index (χ1v) is 7.73. The van der Waals surface area contributed by atoms with E-state index in [1.165, 1.54) is 10.9 Å². The predicted molar refractivity (Wildman–Crippen MR) is 94.7 cm³/mol. The number of para-hydroxylation sites is 2. The molecule has 3 aromatic rings. The van der Waals surface area contributed by atoms with Crippen LogP contribution in [0, 0.1) is 0 Å². The molecule has 0 unspecified atom stereocenters. The van der Waals surface area contributed by atoms with Gasteiger partial charge in [-0.25, -0.2) is 4.79 Å². The summed E-state index contributed by atoms with van der Waals surface area (Å²) in [5.41, 5.74) is 2.75. The minimum atomic E-state index is -0.357. The second-order valence-electron chi connectivity index (χ2n) is 6.37. The largest absolute Gasteiger partial charge is 0.361 e. The van der Waals surface area contributed by atoms with Gasteiger partial charge in [-0.05, 0) is 44.0 Å². The van der Waals surface area contributed by atoms with Gasteiger partial charge in [0.05, 0.1) is 0 Å².